The first-order chi connectivity index (χ1) is 10.9. The summed E-state index contributed by atoms with van der Waals surface area (Å²) in [4.78, 5) is 14.4. The van der Waals surface area contributed by atoms with E-state index in [1.807, 2.05) is 32.9 Å². The molecule has 0 radical (unpaired) electrons. The van der Waals surface area contributed by atoms with E-state index < -0.39 is 5.60 Å². The number of carbonyl (C=O) groups excluding carboxylic acids is 1. The number of nitrogens with one attached hydrogen (secondary N) is 1. The van der Waals surface area contributed by atoms with Crippen LogP contribution in [0, 0.1) is 5.92 Å². The van der Waals surface area contributed by atoms with E-state index in [0.29, 0.717) is 5.92 Å². The van der Waals surface area contributed by atoms with Crippen LogP contribution in [0.5, 0.6) is 0 Å². The highest BCUT2D eigenvalue weighted by Gasteiger charge is 2.33. The van der Waals surface area contributed by atoms with Crippen LogP contribution >= 0.6 is 0 Å². The van der Waals surface area contributed by atoms with Crippen LogP contribution in [-0.2, 0) is 11.3 Å². The molecule has 1 amide bonds. The topological polar surface area (TPSA) is 41.6 Å². The number of likely N-dealkylation sites (tertiary alicyclic amines) is 1. The molecule has 1 aromatic rings. The maximum Gasteiger partial charge on any atom is 0.407 e. The van der Waals surface area contributed by atoms with Crippen molar-refractivity contribution in [2.75, 3.05) is 13.1 Å². The van der Waals surface area contributed by atoms with Crippen LogP contribution in [0.4, 0.5) is 4.79 Å². The van der Waals surface area contributed by atoms with Gasteiger partial charge in [-0.1, -0.05) is 36.4 Å². The van der Waals surface area contributed by atoms with Crippen LogP contribution in [0.2, 0.25) is 0 Å². The summed E-state index contributed by atoms with van der Waals surface area (Å²) in [7, 11) is 0. The molecule has 4 heteroatoms. The number of allylic oxidation sites excluding steroid dienone is 1. The molecule has 23 heavy (non-hydrogen) atoms. The van der Waals surface area contributed by atoms with Gasteiger partial charge in [-0.3, -0.25) is 4.90 Å². The van der Waals surface area contributed by atoms with Gasteiger partial charge >= 0.3 is 6.09 Å². The largest absolute Gasteiger partial charge is 0.444 e. The molecule has 0 aromatic heterocycles. The van der Waals surface area contributed by atoms with Gasteiger partial charge in [0.15, 0.2) is 0 Å². The second-order valence-corrected chi connectivity index (χ2v) is 7.22. The maximum atomic E-state index is 12.1. The molecule has 1 aliphatic heterocycles. The van der Waals surface area contributed by atoms with Gasteiger partial charge in [-0.2, -0.15) is 0 Å². The molecule has 2 rings (SSSR count). The molecule has 0 unspecified atom stereocenters. The highest BCUT2D eigenvalue weighted by Crippen LogP contribution is 2.23. The van der Waals surface area contributed by atoms with Crippen molar-refractivity contribution in [2.45, 2.75) is 45.4 Å². The second kappa shape index (κ2) is 7.64. The summed E-state index contributed by atoms with van der Waals surface area (Å²) in [6, 6.07) is 10.5. The molecule has 0 saturated carbocycles. The minimum atomic E-state index is -0.472. The van der Waals surface area contributed by atoms with E-state index in [-0.39, 0.29) is 12.1 Å². The Morgan fingerprint density at radius 3 is 2.65 bits per heavy atom. The Bertz CT molecular complexity index is 522. The monoisotopic (exact) mass is 316 g/mol. The average molecular weight is 316 g/mol. The first kappa shape index (κ1) is 17.5. The van der Waals surface area contributed by atoms with Gasteiger partial charge in [-0.05, 0) is 38.7 Å². The van der Waals surface area contributed by atoms with Gasteiger partial charge in [0.25, 0.3) is 0 Å². The number of alkyl carbamates (subject to hydrolysis) is 1. The third-order valence-corrected chi connectivity index (χ3v) is 3.94. The minimum Gasteiger partial charge on any atom is -0.444 e. The molecule has 1 saturated heterocycles. The number of hydrogen-bond acceptors (Lipinski definition) is 3. The molecule has 1 fully saturated rings. The number of amides is 1. The van der Waals surface area contributed by atoms with Gasteiger partial charge in [-0.15, -0.1) is 6.58 Å². The highest BCUT2D eigenvalue weighted by molar-refractivity contribution is 5.68. The summed E-state index contributed by atoms with van der Waals surface area (Å²) in [5, 5.41) is 3.04. The second-order valence-electron chi connectivity index (χ2n) is 7.22. The fourth-order valence-corrected chi connectivity index (χ4v) is 3.01. The lowest BCUT2D eigenvalue weighted by atomic mass is 10.0. The number of carbonyl (C=O) groups is 1. The average Bonchev–Trinajstić information content (AvgIpc) is 2.80. The van der Waals surface area contributed by atoms with Crippen molar-refractivity contribution in [3.63, 3.8) is 0 Å². The highest BCUT2D eigenvalue weighted by atomic mass is 16.6. The summed E-state index contributed by atoms with van der Waals surface area (Å²) in [5.41, 5.74) is 0.822. The third-order valence-electron chi connectivity index (χ3n) is 3.94. The molecule has 1 aliphatic rings. The Labute approximate surface area is 139 Å². The fourth-order valence-electron chi connectivity index (χ4n) is 3.01. The van der Waals surface area contributed by atoms with E-state index in [9.17, 15) is 4.79 Å². The van der Waals surface area contributed by atoms with Crippen LogP contribution in [0.3, 0.4) is 0 Å². The van der Waals surface area contributed by atoms with Crippen molar-refractivity contribution in [1.29, 1.82) is 0 Å². The Morgan fingerprint density at radius 1 is 1.35 bits per heavy atom. The molecule has 0 spiro atoms. The summed E-state index contributed by atoms with van der Waals surface area (Å²) < 4.78 is 5.39. The van der Waals surface area contributed by atoms with Crippen molar-refractivity contribution in [2.24, 2.45) is 5.92 Å². The molecule has 1 heterocycles. The molecule has 0 bridgehead atoms. The van der Waals surface area contributed by atoms with Gasteiger partial charge in [0.2, 0.25) is 0 Å². The molecule has 2 atom stereocenters. The Kier molecular flexibility index (Phi) is 5.83. The fraction of sp³-hybridized carbons (Fsp3) is 0.526. The van der Waals surface area contributed by atoms with E-state index in [2.05, 4.69) is 41.1 Å². The van der Waals surface area contributed by atoms with E-state index in [1.165, 1.54) is 5.56 Å². The van der Waals surface area contributed by atoms with Crippen LogP contribution in [0.1, 0.15) is 32.8 Å². The molecular weight excluding hydrogens is 288 g/mol. The number of rotatable bonds is 5. The van der Waals surface area contributed by atoms with Gasteiger partial charge in [-0.25, -0.2) is 4.79 Å². The predicted octanol–water partition coefficient (Wildman–Crippen LogP) is 3.59. The normalized spacial score (nSPS) is 21.9. The SMILES string of the molecule is C=CC[C@H]1CN(Cc2ccccc2)C[C@H]1NC(=O)OC(C)(C)C. The third kappa shape index (κ3) is 5.71. The lowest BCUT2D eigenvalue weighted by Crippen LogP contribution is -2.43. The Hall–Kier alpha value is -1.81. The van der Waals surface area contributed by atoms with Gasteiger partial charge in [0.05, 0.1) is 0 Å². The number of benzene rings is 1. The zero-order valence-corrected chi connectivity index (χ0v) is 14.4. The summed E-state index contributed by atoms with van der Waals surface area (Å²) >= 11 is 0. The van der Waals surface area contributed by atoms with Crippen LogP contribution < -0.4 is 5.32 Å². The standard InChI is InChI=1S/C19H28N2O2/c1-5-9-16-13-21(12-15-10-7-6-8-11-15)14-17(16)20-18(22)23-19(2,3)4/h5-8,10-11,16-17H,1,9,12-14H2,2-4H3,(H,20,22)/t16-,17+/m0/s1. The maximum absolute atomic E-state index is 12.1. The van der Waals surface area contributed by atoms with Crippen molar-refractivity contribution in [3.8, 4) is 0 Å². The van der Waals surface area contributed by atoms with Crippen LogP contribution in [0.25, 0.3) is 0 Å². The summed E-state index contributed by atoms with van der Waals surface area (Å²) in [5.74, 6) is 0.378. The van der Waals surface area contributed by atoms with Crippen molar-refractivity contribution < 1.29 is 9.53 Å². The zero-order chi connectivity index (χ0) is 16.9. The number of nitrogens with zero attached hydrogens (tertiary/aromatic N) is 1. The van der Waals surface area contributed by atoms with E-state index in [0.717, 1.165) is 26.1 Å². The molecule has 0 aliphatic carbocycles. The van der Waals surface area contributed by atoms with E-state index >= 15 is 0 Å². The summed E-state index contributed by atoms with van der Waals surface area (Å²) in [6.45, 7) is 12.2. The predicted molar refractivity (Wildman–Crippen MR) is 93.2 cm³/mol. The lowest BCUT2D eigenvalue weighted by Gasteiger charge is -2.23. The minimum absolute atomic E-state index is 0.103. The van der Waals surface area contributed by atoms with Crippen LogP contribution in [-0.4, -0.2) is 35.7 Å². The zero-order valence-electron chi connectivity index (χ0n) is 14.4. The molecule has 4 nitrogen and oxygen atoms in total. The van der Waals surface area contributed by atoms with Gasteiger partial charge < -0.3 is 10.1 Å². The van der Waals surface area contributed by atoms with Crippen molar-refractivity contribution in [3.05, 3.63) is 48.6 Å². The van der Waals surface area contributed by atoms with Crippen LogP contribution in [0.15, 0.2) is 43.0 Å². The van der Waals surface area contributed by atoms with E-state index in [1.54, 1.807) is 0 Å². The smallest absolute Gasteiger partial charge is 0.407 e. The lowest BCUT2D eigenvalue weighted by molar-refractivity contribution is 0.0496. The first-order valence-corrected chi connectivity index (χ1v) is 8.24. The Balaban J connectivity index is 1.95. The van der Waals surface area contributed by atoms with Crippen molar-refractivity contribution >= 4 is 6.09 Å². The number of hydrogen-bond donors (Lipinski definition) is 1. The molecule has 1 N–H and O–H groups in total. The Morgan fingerprint density at radius 2 is 2.04 bits per heavy atom. The van der Waals surface area contributed by atoms with E-state index in [4.69, 9.17) is 4.74 Å². The quantitative estimate of drug-likeness (QED) is 0.844. The summed E-state index contributed by atoms with van der Waals surface area (Å²) in [6.07, 6.45) is 2.49. The van der Waals surface area contributed by atoms with Gasteiger partial charge in [0.1, 0.15) is 5.60 Å². The van der Waals surface area contributed by atoms with Gasteiger partial charge in [0, 0.05) is 25.7 Å². The molecular formula is C19H28N2O2. The first-order valence-electron chi connectivity index (χ1n) is 8.24. The number of ether oxygens (including phenoxy) is 1. The molecule has 126 valence electrons. The molecule has 1 aromatic carbocycles. The van der Waals surface area contributed by atoms with Crippen molar-refractivity contribution in [1.82, 2.24) is 10.2 Å².